The van der Waals surface area contributed by atoms with Crippen molar-refractivity contribution in [1.82, 2.24) is 20.1 Å². The predicted molar refractivity (Wildman–Crippen MR) is 74.7 cm³/mol. The van der Waals surface area contributed by atoms with Gasteiger partial charge in [-0.1, -0.05) is 0 Å². The van der Waals surface area contributed by atoms with Crippen molar-refractivity contribution in [3.05, 3.63) is 35.8 Å². The highest BCUT2D eigenvalue weighted by Gasteiger charge is 2.21. The number of hydrogen-bond donors (Lipinski definition) is 2. The lowest BCUT2D eigenvalue weighted by Crippen LogP contribution is -2.25. The van der Waals surface area contributed by atoms with Crippen LogP contribution in [0.5, 0.6) is 0 Å². The molecule has 0 aromatic carbocycles. The Morgan fingerprint density at radius 1 is 1.50 bits per heavy atom. The van der Waals surface area contributed by atoms with Crippen LogP contribution >= 0.6 is 0 Å². The summed E-state index contributed by atoms with van der Waals surface area (Å²) in [7, 11) is 0. The molecule has 2 aromatic heterocycles. The summed E-state index contributed by atoms with van der Waals surface area (Å²) >= 11 is 0. The molecule has 20 heavy (non-hydrogen) atoms. The van der Waals surface area contributed by atoms with Crippen LogP contribution in [0.2, 0.25) is 0 Å². The Morgan fingerprint density at radius 2 is 2.40 bits per heavy atom. The van der Waals surface area contributed by atoms with Crippen molar-refractivity contribution in [2.24, 2.45) is 5.73 Å². The van der Waals surface area contributed by atoms with Crippen molar-refractivity contribution in [2.45, 2.75) is 25.9 Å². The van der Waals surface area contributed by atoms with E-state index in [9.17, 15) is 4.79 Å². The lowest BCUT2D eigenvalue weighted by Gasteiger charge is -2.15. The van der Waals surface area contributed by atoms with E-state index in [4.69, 9.17) is 5.73 Å². The first-order valence-corrected chi connectivity index (χ1v) is 6.73. The Balaban J connectivity index is 2.00. The molecule has 3 N–H and O–H groups in total. The van der Waals surface area contributed by atoms with E-state index in [0.717, 1.165) is 30.8 Å². The molecule has 0 radical (unpaired) electrons. The fourth-order valence-corrected chi connectivity index (χ4v) is 2.56. The first kappa shape index (κ1) is 12.8. The van der Waals surface area contributed by atoms with E-state index in [1.165, 1.54) is 11.3 Å². The molecule has 1 aliphatic rings. The van der Waals surface area contributed by atoms with Gasteiger partial charge in [-0.15, -0.1) is 0 Å². The fraction of sp³-hybridized carbons (Fsp3) is 0.357. The number of hydrogen-bond acceptors (Lipinski definition) is 4. The zero-order valence-electron chi connectivity index (χ0n) is 11.2. The summed E-state index contributed by atoms with van der Waals surface area (Å²) in [6, 6.07) is 3.91. The molecular weight excluding hydrogens is 254 g/mol. The van der Waals surface area contributed by atoms with E-state index in [2.05, 4.69) is 15.4 Å². The smallest absolute Gasteiger partial charge is 0.219 e. The lowest BCUT2D eigenvalue weighted by molar-refractivity contribution is -0.118. The van der Waals surface area contributed by atoms with Gasteiger partial charge < -0.3 is 11.1 Å². The minimum atomic E-state index is -0.300. The van der Waals surface area contributed by atoms with E-state index >= 15 is 0 Å². The Bertz CT molecular complexity index is 620. The molecule has 1 aliphatic heterocycles. The van der Waals surface area contributed by atoms with Gasteiger partial charge >= 0.3 is 0 Å². The number of fused-ring (bicyclic) bond motifs is 1. The van der Waals surface area contributed by atoms with E-state index in [0.29, 0.717) is 13.0 Å². The second kappa shape index (κ2) is 5.42. The molecule has 0 atom stereocenters. The maximum absolute atomic E-state index is 11.0. The van der Waals surface area contributed by atoms with Crippen molar-refractivity contribution >= 4 is 5.91 Å². The second-order valence-electron chi connectivity index (χ2n) is 4.88. The molecule has 0 aliphatic carbocycles. The van der Waals surface area contributed by atoms with E-state index in [1.54, 1.807) is 6.20 Å². The van der Waals surface area contributed by atoms with Crippen molar-refractivity contribution in [3.63, 3.8) is 0 Å². The number of amides is 1. The molecule has 3 rings (SSSR count). The Morgan fingerprint density at radius 3 is 3.15 bits per heavy atom. The normalized spacial score (nSPS) is 14.0. The highest BCUT2D eigenvalue weighted by molar-refractivity contribution is 5.73. The predicted octanol–water partition coefficient (Wildman–Crippen LogP) is 0.466. The van der Waals surface area contributed by atoms with Gasteiger partial charge in [-0.3, -0.25) is 14.5 Å². The van der Waals surface area contributed by atoms with Gasteiger partial charge in [-0.2, -0.15) is 5.10 Å². The van der Waals surface area contributed by atoms with Crippen LogP contribution in [0.3, 0.4) is 0 Å². The molecular formula is C14H17N5O. The van der Waals surface area contributed by atoms with Gasteiger partial charge in [0.15, 0.2) is 0 Å². The zero-order valence-corrected chi connectivity index (χ0v) is 11.2. The molecule has 0 saturated carbocycles. The quantitative estimate of drug-likeness (QED) is 0.846. The first-order valence-electron chi connectivity index (χ1n) is 6.73. The van der Waals surface area contributed by atoms with E-state index in [1.807, 2.05) is 23.0 Å². The van der Waals surface area contributed by atoms with Gasteiger partial charge in [0.2, 0.25) is 5.91 Å². The summed E-state index contributed by atoms with van der Waals surface area (Å²) in [5.74, 6) is -0.300. The van der Waals surface area contributed by atoms with Crippen molar-refractivity contribution < 1.29 is 4.79 Å². The topological polar surface area (TPSA) is 85.8 Å². The third kappa shape index (κ3) is 2.42. The number of aromatic nitrogens is 3. The van der Waals surface area contributed by atoms with Gasteiger partial charge in [0.25, 0.3) is 0 Å². The molecule has 3 heterocycles. The largest absolute Gasteiger partial charge is 0.370 e. The van der Waals surface area contributed by atoms with Gasteiger partial charge in [0.05, 0.1) is 5.69 Å². The lowest BCUT2D eigenvalue weighted by atomic mass is 10.0. The average molecular weight is 271 g/mol. The molecule has 2 aromatic rings. The van der Waals surface area contributed by atoms with Gasteiger partial charge in [0, 0.05) is 61.7 Å². The summed E-state index contributed by atoms with van der Waals surface area (Å²) in [6.07, 6.45) is 4.79. The number of nitrogens with two attached hydrogens (primary N) is 1. The van der Waals surface area contributed by atoms with Crippen LogP contribution in [-0.2, 0) is 24.3 Å². The highest BCUT2D eigenvalue weighted by atomic mass is 16.1. The van der Waals surface area contributed by atoms with Crippen molar-refractivity contribution in [2.75, 3.05) is 6.54 Å². The third-order valence-corrected chi connectivity index (χ3v) is 3.51. The van der Waals surface area contributed by atoms with Gasteiger partial charge in [-0.25, -0.2) is 0 Å². The summed E-state index contributed by atoms with van der Waals surface area (Å²) in [6.45, 7) is 2.27. The summed E-state index contributed by atoms with van der Waals surface area (Å²) < 4.78 is 1.92. The van der Waals surface area contributed by atoms with Crippen LogP contribution in [0.15, 0.2) is 24.5 Å². The molecule has 104 valence electrons. The number of pyridine rings is 1. The number of aryl methyl sites for hydroxylation is 1. The molecule has 0 spiro atoms. The molecule has 6 heteroatoms. The molecule has 1 amide bonds. The monoisotopic (exact) mass is 271 g/mol. The third-order valence-electron chi connectivity index (χ3n) is 3.51. The average Bonchev–Trinajstić information content (AvgIpc) is 2.85. The van der Waals surface area contributed by atoms with Crippen LogP contribution in [0.4, 0.5) is 0 Å². The first-order chi connectivity index (χ1) is 9.75. The number of nitrogens with zero attached hydrogens (tertiary/aromatic N) is 3. The SMILES string of the molecule is NC(=O)CCn1nc(-c2cccnc2)c2c1CCNC2. The van der Waals surface area contributed by atoms with Crippen molar-refractivity contribution in [3.8, 4) is 11.3 Å². The Kier molecular flexibility index (Phi) is 3.47. The number of carbonyl (C=O) groups is 1. The van der Waals surface area contributed by atoms with Crippen molar-refractivity contribution in [1.29, 1.82) is 0 Å². The molecule has 0 saturated heterocycles. The van der Waals surface area contributed by atoms with Crippen LogP contribution in [0, 0.1) is 0 Å². The van der Waals surface area contributed by atoms with E-state index < -0.39 is 0 Å². The minimum Gasteiger partial charge on any atom is -0.370 e. The van der Waals surface area contributed by atoms with Crippen LogP contribution in [0.1, 0.15) is 17.7 Å². The van der Waals surface area contributed by atoms with Crippen LogP contribution < -0.4 is 11.1 Å². The molecule has 0 bridgehead atoms. The van der Waals surface area contributed by atoms with E-state index in [-0.39, 0.29) is 5.91 Å². The summed E-state index contributed by atoms with van der Waals surface area (Å²) in [5, 5.41) is 8.03. The number of primary amides is 1. The van der Waals surface area contributed by atoms with Gasteiger partial charge in [0.1, 0.15) is 0 Å². The zero-order chi connectivity index (χ0) is 13.9. The van der Waals surface area contributed by atoms with Crippen LogP contribution in [0.25, 0.3) is 11.3 Å². The molecule has 6 nitrogen and oxygen atoms in total. The minimum absolute atomic E-state index is 0.300. The Labute approximate surface area is 117 Å². The molecule has 0 fully saturated rings. The standard InChI is InChI=1S/C14H17N5O/c15-13(20)4-7-19-12-3-6-17-9-11(12)14(18-19)10-2-1-5-16-8-10/h1-2,5,8,17H,3-4,6-7,9H2,(H2,15,20). The summed E-state index contributed by atoms with van der Waals surface area (Å²) in [4.78, 5) is 15.1. The molecule has 0 unspecified atom stereocenters. The fourth-order valence-electron chi connectivity index (χ4n) is 2.56. The van der Waals surface area contributed by atoms with Crippen LogP contribution in [-0.4, -0.2) is 27.2 Å². The highest BCUT2D eigenvalue weighted by Crippen LogP contribution is 2.27. The number of nitrogens with one attached hydrogen (secondary N) is 1. The number of rotatable bonds is 4. The Hall–Kier alpha value is -2.21. The number of carbonyl (C=O) groups excluding carboxylic acids is 1. The maximum Gasteiger partial charge on any atom is 0.219 e. The van der Waals surface area contributed by atoms with Gasteiger partial charge in [-0.05, 0) is 12.1 Å². The second-order valence-corrected chi connectivity index (χ2v) is 4.88. The summed E-state index contributed by atoms with van der Waals surface area (Å²) in [5.41, 5.74) is 9.59. The maximum atomic E-state index is 11.0.